The minimum Gasteiger partial charge on any atom is -0.333 e. The standard InChI is InChI=1S/C9H10N6O2/c1-15(4-7-12-5-13-14-7)9(17)6-2-11-8(16)3-10-6/h2-3,5H,4H2,1H3,(H,11,16)(H,12,13,14). The van der Waals surface area contributed by atoms with Gasteiger partial charge in [0.05, 0.1) is 12.7 Å². The number of nitrogens with one attached hydrogen (secondary N) is 2. The number of hydrogen-bond acceptors (Lipinski definition) is 5. The minimum atomic E-state index is -0.348. The summed E-state index contributed by atoms with van der Waals surface area (Å²) in [6.45, 7) is 0.291. The summed E-state index contributed by atoms with van der Waals surface area (Å²) in [6, 6.07) is 0. The van der Waals surface area contributed by atoms with Crippen molar-refractivity contribution in [3.8, 4) is 0 Å². The first-order valence-electron chi connectivity index (χ1n) is 4.81. The highest BCUT2D eigenvalue weighted by Gasteiger charge is 2.14. The second-order valence-corrected chi connectivity index (χ2v) is 3.39. The maximum absolute atomic E-state index is 11.9. The number of aromatic amines is 2. The van der Waals surface area contributed by atoms with Crippen molar-refractivity contribution in [1.29, 1.82) is 0 Å². The van der Waals surface area contributed by atoms with Crippen LogP contribution in [-0.2, 0) is 6.54 Å². The highest BCUT2D eigenvalue weighted by atomic mass is 16.2. The second-order valence-electron chi connectivity index (χ2n) is 3.39. The molecule has 2 aromatic rings. The van der Waals surface area contributed by atoms with Gasteiger partial charge in [-0.1, -0.05) is 0 Å². The van der Waals surface area contributed by atoms with E-state index in [1.165, 1.54) is 17.4 Å². The number of rotatable bonds is 3. The lowest BCUT2D eigenvalue weighted by atomic mass is 10.4. The van der Waals surface area contributed by atoms with Gasteiger partial charge in [-0.05, 0) is 0 Å². The lowest BCUT2D eigenvalue weighted by Crippen LogP contribution is -2.28. The van der Waals surface area contributed by atoms with Crippen LogP contribution in [0.3, 0.4) is 0 Å². The Kier molecular flexibility index (Phi) is 2.95. The third kappa shape index (κ3) is 2.54. The van der Waals surface area contributed by atoms with Crippen molar-refractivity contribution in [2.45, 2.75) is 6.54 Å². The van der Waals surface area contributed by atoms with E-state index in [1.807, 2.05) is 0 Å². The summed E-state index contributed by atoms with van der Waals surface area (Å²) in [4.78, 5) is 34.1. The molecule has 8 nitrogen and oxygen atoms in total. The lowest BCUT2D eigenvalue weighted by molar-refractivity contribution is 0.0775. The quantitative estimate of drug-likeness (QED) is 0.720. The van der Waals surface area contributed by atoms with Crippen molar-refractivity contribution >= 4 is 5.91 Å². The summed E-state index contributed by atoms with van der Waals surface area (Å²) in [5.41, 5.74) is -0.175. The molecule has 8 heteroatoms. The first-order chi connectivity index (χ1) is 8.16. The summed E-state index contributed by atoms with van der Waals surface area (Å²) in [5, 5.41) is 6.33. The van der Waals surface area contributed by atoms with Crippen molar-refractivity contribution < 1.29 is 4.79 Å². The van der Waals surface area contributed by atoms with E-state index < -0.39 is 0 Å². The molecule has 1 amide bonds. The van der Waals surface area contributed by atoms with E-state index in [9.17, 15) is 9.59 Å². The molecule has 2 rings (SSSR count). The van der Waals surface area contributed by atoms with Crippen LogP contribution >= 0.6 is 0 Å². The first kappa shape index (κ1) is 11.0. The maximum atomic E-state index is 11.9. The van der Waals surface area contributed by atoms with E-state index in [0.717, 1.165) is 6.20 Å². The van der Waals surface area contributed by atoms with Crippen LogP contribution in [-0.4, -0.2) is 43.0 Å². The molecule has 0 saturated carbocycles. The zero-order valence-corrected chi connectivity index (χ0v) is 9.04. The van der Waals surface area contributed by atoms with Gasteiger partial charge in [0.1, 0.15) is 17.8 Å². The van der Waals surface area contributed by atoms with Gasteiger partial charge in [0, 0.05) is 13.2 Å². The van der Waals surface area contributed by atoms with Gasteiger partial charge in [-0.25, -0.2) is 9.97 Å². The number of H-pyrrole nitrogens is 2. The fourth-order valence-corrected chi connectivity index (χ4v) is 1.26. The average Bonchev–Trinajstić information content (AvgIpc) is 2.82. The molecule has 17 heavy (non-hydrogen) atoms. The largest absolute Gasteiger partial charge is 0.333 e. The highest BCUT2D eigenvalue weighted by Crippen LogP contribution is 2.00. The van der Waals surface area contributed by atoms with Gasteiger partial charge in [-0.3, -0.25) is 14.7 Å². The molecule has 2 aromatic heterocycles. The van der Waals surface area contributed by atoms with Crippen LogP contribution < -0.4 is 5.56 Å². The van der Waals surface area contributed by atoms with Crippen molar-refractivity contribution in [2.24, 2.45) is 0 Å². The average molecular weight is 234 g/mol. The molecule has 88 valence electrons. The third-order valence-electron chi connectivity index (χ3n) is 2.09. The van der Waals surface area contributed by atoms with Crippen LogP contribution in [0, 0.1) is 0 Å². The van der Waals surface area contributed by atoms with Crippen LogP contribution in [0.1, 0.15) is 16.3 Å². The first-order valence-corrected chi connectivity index (χ1v) is 4.81. The number of carbonyl (C=O) groups is 1. The fourth-order valence-electron chi connectivity index (χ4n) is 1.26. The Labute approximate surface area is 95.7 Å². The Hall–Kier alpha value is -2.51. The molecule has 0 saturated heterocycles. The second kappa shape index (κ2) is 4.56. The van der Waals surface area contributed by atoms with Crippen LogP contribution in [0.25, 0.3) is 0 Å². The molecule has 0 unspecified atom stereocenters. The zero-order chi connectivity index (χ0) is 12.3. The molecular formula is C9H10N6O2. The predicted octanol–water partition coefficient (Wildman–Crippen LogP) is -0.840. The number of aromatic nitrogens is 5. The molecule has 0 aliphatic rings. The molecule has 0 aliphatic carbocycles. The summed E-state index contributed by atoms with van der Waals surface area (Å²) in [5.74, 6) is 0.267. The van der Waals surface area contributed by atoms with Gasteiger partial charge < -0.3 is 9.88 Å². The molecule has 2 N–H and O–H groups in total. The molecule has 0 aromatic carbocycles. The topological polar surface area (TPSA) is 108 Å². The van der Waals surface area contributed by atoms with E-state index in [4.69, 9.17) is 0 Å². The summed E-state index contributed by atoms with van der Waals surface area (Å²) in [6.07, 6.45) is 3.71. The van der Waals surface area contributed by atoms with Crippen LogP contribution in [0.15, 0.2) is 23.5 Å². The lowest BCUT2D eigenvalue weighted by Gasteiger charge is -2.14. The monoisotopic (exact) mass is 234 g/mol. The van der Waals surface area contributed by atoms with Gasteiger partial charge in [0.2, 0.25) is 0 Å². The van der Waals surface area contributed by atoms with E-state index in [0.29, 0.717) is 12.4 Å². The Morgan fingerprint density at radius 2 is 2.29 bits per heavy atom. The molecule has 2 heterocycles. The van der Waals surface area contributed by atoms with E-state index in [1.54, 1.807) is 7.05 Å². The summed E-state index contributed by atoms with van der Waals surface area (Å²) >= 11 is 0. The summed E-state index contributed by atoms with van der Waals surface area (Å²) in [7, 11) is 1.61. The van der Waals surface area contributed by atoms with Gasteiger partial charge in [-0.15, -0.1) is 0 Å². The molecule has 0 aliphatic heterocycles. The van der Waals surface area contributed by atoms with Gasteiger partial charge in [-0.2, -0.15) is 5.10 Å². The predicted molar refractivity (Wildman–Crippen MR) is 57.0 cm³/mol. The van der Waals surface area contributed by atoms with Crippen LogP contribution in [0.4, 0.5) is 0 Å². The maximum Gasteiger partial charge on any atom is 0.274 e. The van der Waals surface area contributed by atoms with Gasteiger partial charge >= 0.3 is 0 Å². The molecule has 0 radical (unpaired) electrons. The summed E-state index contributed by atoms with van der Waals surface area (Å²) < 4.78 is 0. The Bertz CT molecular complexity index is 541. The van der Waals surface area contributed by atoms with Crippen molar-refractivity contribution in [1.82, 2.24) is 30.0 Å². The third-order valence-corrected chi connectivity index (χ3v) is 2.09. The SMILES string of the molecule is CN(Cc1ncn[nH]1)C(=O)c1c[nH]c(=O)cn1. The van der Waals surface area contributed by atoms with Gasteiger partial charge in [0.15, 0.2) is 0 Å². The number of amides is 1. The molecular weight excluding hydrogens is 224 g/mol. The van der Waals surface area contributed by atoms with Crippen LogP contribution in [0.2, 0.25) is 0 Å². The van der Waals surface area contributed by atoms with Crippen molar-refractivity contribution in [3.05, 3.63) is 40.6 Å². The highest BCUT2D eigenvalue weighted by molar-refractivity contribution is 5.91. The van der Waals surface area contributed by atoms with E-state index in [2.05, 4.69) is 25.1 Å². The number of nitrogens with zero attached hydrogens (tertiary/aromatic N) is 4. The Morgan fingerprint density at radius 1 is 1.47 bits per heavy atom. The molecule has 0 fully saturated rings. The molecule has 0 spiro atoms. The Balaban J connectivity index is 2.09. The smallest absolute Gasteiger partial charge is 0.274 e. The molecule has 0 atom stereocenters. The zero-order valence-electron chi connectivity index (χ0n) is 9.04. The van der Waals surface area contributed by atoms with Crippen LogP contribution in [0.5, 0.6) is 0 Å². The van der Waals surface area contributed by atoms with E-state index in [-0.39, 0.29) is 17.2 Å². The van der Waals surface area contributed by atoms with E-state index >= 15 is 0 Å². The fraction of sp³-hybridized carbons (Fsp3) is 0.222. The van der Waals surface area contributed by atoms with Crippen molar-refractivity contribution in [3.63, 3.8) is 0 Å². The number of carbonyl (C=O) groups excluding carboxylic acids is 1. The normalized spacial score (nSPS) is 10.2. The minimum absolute atomic E-state index is 0.173. The van der Waals surface area contributed by atoms with Gasteiger partial charge in [0.25, 0.3) is 11.5 Å². The number of hydrogen-bond donors (Lipinski definition) is 2. The molecule has 0 bridgehead atoms. The Morgan fingerprint density at radius 3 is 2.88 bits per heavy atom. The van der Waals surface area contributed by atoms with Crippen molar-refractivity contribution in [2.75, 3.05) is 7.05 Å².